The number of hydrogen-bond donors (Lipinski definition) is 2. The summed E-state index contributed by atoms with van der Waals surface area (Å²) in [7, 11) is 3.78. The molecule has 0 saturated heterocycles. The Bertz CT molecular complexity index is 644. The van der Waals surface area contributed by atoms with Gasteiger partial charge in [0.25, 0.3) is 0 Å². The summed E-state index contributed by atoms with van der Waals surface area (Å²) < 4.78 is 7.37. The third-order valence-corrected chi connectivity index (χ3v) is 3.53. The van der Waals surface area contributed by atoms with Crippen molar-refractivity contribution in [3.05, 3.63) is 17.2 Å². The van der Waals surface area contributed by atoms with E-state index in [-0.39, 0.29) is 6.09 Å². The summed E-state index contributed by atoms with van der Waals surface area (Å²) in [5.74, 6) is 1.47. The summed E-state index contributed by atoms with van der Waals surface area (Å²) in [4.78, 5) is 18.4. The van der Waals surface area contributed by atoms with E-state index in [2.05, 4.69) is 21.2 Å². The second-order valence-electron chi connectivity index (χ2n) is 6.44. The van der Waals surface area contributed by atoms with E-state index in [1.165, 1.54) is 0 Å². The molecule has 0 fully saturated rings. The van der Waals surface area contributed by atoms with Gasteiger partial charge in [0, 0.05) is 14.1 Å². The maximum absolute atomic E-state index is 12.1. The maximum Gasteiger partial charge on any atom is 0.410 e. The minimum absolute atomic E-state index is 0.314. The average molecular weight is 307 g/mol. The molecule has 0 unspecified atom stereocenters. The molecule has 120 valence electrons. The van der Waals surface area contributed by atoms with E-state index >= 15 is 0 Å². The molecule has 9 heteroatoms. The van der Waals surface area contributed by atoms with Crippen molar-refractivity contribution in [1.82, 2.24) is 30.5 Å². The van der Waals surface area contributed by atoms with Crippen LogP contribution in [0.4, 0.5) is 4.79 Å². The van der Waals surface area contributed by atoms with Crippen molar-refractivity contribution in [3.63, 3.8) is 0 Å². The van der Waals surface area contributed by atoms with Gasteiger partial charge in [0.1, 0.15) is 5.60 Å². The Balaban J connectivity index is 1.78. The van der Waals surface area contributed by atoms with Gasteiger partial charge in [0.05, 0.1) is 24.5 Å². The number of carbonyl (C=O) groups is 1. The Morgan fingerprint density at radius 1 is 1.27 bits per heavy atom. The van der Waals surface area contributed by atoms with Crippen molar-refractivity contribution in [2.24, 2.45) is 12.1 Å². The zero-order valence-electron chi connectivity index (χ0n) is 13.5. The smallest absolute Gasteiger partial charge is 0.410 e. The number of ether oxygens (including phenoxy) is 1. The normalized spacial score (nSPS) is 17.4. The molecule has 3 rings (SSSR count). The third-order valence-electron chi connectivity index (χ3n) is 3.53. The van der Waals surface area contributed by atoms with Crippen LogP contribution in [0.3, 0.4) is 0 Å². The molecule has 1 aromatic rings. The molecule has 0 atom stereocenters. The summed E-state index contributed by atoms with van der Waals surface area (Å²) >= 11 is 0. The van der Waals surface area contributed by atoms with Crippen LogP contribution in [-0.2, 0) is 24.9 Å². The largest absolute Gasteiger partial charge is 0.444 e. The molecular formula is C13H21N7O2. The molecule has 2 aliphatic heterocycles. The summed E-state index contributed by atoms with van der Waals surface area (Å²) in [6.07, 6.45) is -0.314. The number of nitrogens with zero attached hydrogens (tertiary/aromatic N) is 5. The van der Waals surface area contributed by atoms with Crippen LogP contribution in [0, 0.1) is 0 Å². The summed E-state index contributed by atoms with van der Waals surface area (Å²) in [6.45, 7) is 6.52. The lowest BCUT2D eigenvalue weighted by Crippen LogP contribution is -2.38. The standard InChI is InChI=1S/C13H21N7O2/c1-13(2,3)22-12(21)20-6-8-9(7-20)18(4)10(14-8)11-15-16-17-19(11)5/h16-17H,6-7H2,1-5H3. The van der Waals surface area contributed by atoms with E-state index in [1.807, 2.05) is 39.4 Å². The fourth-order valence-corrected chi connectivity index (χ4v) is 2.47. The molecule has 2 aliphatic rings. The minimum Gasteiger partial charge on any atom is -0.444 e. The van der Waals surface area contributed by atoms with Crippen LogP contribution in [0.25, 0.3) is 0 Å². The number of amidine groups is 1. The Morgan fingerprint density at radius 3 is 2.55 bits per heavy atom. The maximum atomic E-state index is 12.1. The summed E-state index contributed by atoms with van der Waals surface area (Å²) in [5.41, 5.74) is 6.93. The number of aromatic nitrogens is 2. The fourth-order valence-electron chi connectivity index (χ4n) is 2.47. The van der Waals surface area contributed by atoms with Gasteiger partial charge in [0.2, 0.25) is 5.84 Å². The van der Waals surface area contributed by atoms with E-state index < -0.39 is 5.60 Å². The molecule has 9 nitrogen and oxygen atoms in total. The lowest BCUT2D eigenvalue weighted by Gasteiger charge is -2.24. The van der Waals surface area contributed by atoms with Crippen LogP contribution in [0.15, 0.2) is 5.10 Å². The number of hydrogen-bond acceptors (Lipinski definition) is 7. The minimum atomic E-state index is -0.497. The zero-order valence-corrected chi connectivity index (χ0v) is 13.5. The van der Waals surface area contributed by atoms with Crippen LogP contribution in [0.1, 0.15) is 38.0 Å². The van der Waals surface area contributed by atoms with Crippen molar-refractivity contribution in [1.29, 1.82) is 0 Å². The summed E-state index contributed by atoms with van der Waals surface area (Å²) in [6, 6.07) is 0. The Labute approximate surface area is 128 Å². The molecular weight excluding hydrogens is 286 g/mol. The molecule has 0 aromatic carbocycles. The van der Waals surface area contributed by atoms with E-state index in [9.17, 15) is 4.79 Å². The van der Waals surface area contributed by atoms with Crippen molar-refractivity contribution in [3.8, 4) is 0 Å². The molecule has 0 spiro atoms. The van der Waals surface area contributed by atoms with Gasteiger partial charge in [-0.2, -0.15) is 0 Å². The molecule has 1 amide bonds. The zero-order chi connectivity index (χ0) is 16.1. The van der Waals surface area contributed by atoms with E-state index in [4.69, 9.17) is 4.74 Å². The van der Waals surface area contributed by atoms with Crippen LogP contribution in [0.2, 0.25) is 0 Å². The van der Waals surface area contributed by atoms with Crippen molar-refractivity contribution >= 4 is 11.9 Å². The van der Waals surface area contributed by atoms with Gasteiger partial charge >= 0.3 is 6.09 Å². The molecule has 0 saturated carbocycles. The van der Waals surface area contributed by atoms with E-state index in [1.54, 1.807) is 9.91 Å². The molecule has 0 aliphatic carbocycles. The van der Waals surface area contributed by atoms with Crippen molar-refractivity contribution in [2.75, 3.05) is 7.05 Å². The van der Waals surface area contributed by atoms with Crippen LogP contribution in [0.5, 0.6) is 0 Å². The predicted molar refractivity (Wildman–Crippen MR) is 79.3 cm³/mol. The van der Waals surface area contributed by atoms with Crippen LogP contribution < -0.4 is 11.1 Å². The number of hydrazine groups is 2. The molecule has 3 heterocycles. The van der Waals surface area contributed by atoms with Gasteiger partial charge in [0.15, 0.2) is 5.82 Å². The van der Waals surface area contributed by atoms with Crippen LogP contribution >= 0.6 is 0 Å². The second-order valence-corrected chi connectivity index (χ2v) is 6.44. The highest BCUT2D eigenvalue weighted by molar-refractivity contribution is 5.96. The van der Waals surface area contributed by atoms with E-state index in [0.717, 1.165) is 17.2 Å². The lowest BCUT2D eigenvalue weighted by atomic mass is 10.2. The molecule has 0 radical (unpaired) electrons. The number of nitrogens with one attached hydrogen (secondary N) is 2. The second kappa shape index (κ2) is 4.87. The number of rotatable bonds is 1. The highest BCUT2D eigenvalue weighted by Crippen LogP contribution is 2.25. The Kier molecular flexibility index (Phi) is 3.24. The first-order chi connectivity index (χ1) is 10.3. The Morgan fingerprint density at radius 2 is 2.00 bits per heavy atom. The first kappa shape index (κ1) is 14.6. The highest BCUT2D eigenvalue weighted by Gasteiger charge is 2.33. The van der Waals surface area contributed by atoms with Gasteiger partial charge in [-0.15, -0.1) is 10.6 Å². The van der Waals surface area contributed by atoms with Gasteiger partial charge in [-0.25, -0.2) is 15.3 Å². The summed E-state index contributed by atoms with van der Waals surface area (Å²) in [5, 5.41) is 5.91. The topological polar surface area (TPSA) is 87.0 Å². The van der Waals surface area contributed by atoms with Gasteiger partial charge in [-0.1, -0.05) is 0 Å². The fraction of sp³-hybridized carbons (Fsp3) is 0.615. The first-order valence-corrected chi connectivity index (χ1v) is 7.11. The van der Waals surface area contributed by atoms with Crippen LogP contribution in [-0.4, -0.2) is 44.0 Å². The molecule has 1 aromatic heterocycles. The monoisotopic (exact) mass is 307 g/mol. The SMILES string of the molecule is CN1NNN=C1c1nc2c(n1C)CN(C(=O)OC(C)(C)C)C2. The molecule has 22 heavy (non-hydrogen) atoms. The average Bonchev–Trinajstić information content (AvgIpc) is 3.04. The quantitative estimate of drug-likeness (QED) is 0.775. The van der Waals surface area contributed by atoms with E-state index in [0.29, 0.717) is 18.9 Å². The number of fused-ring (bicyclic) bond motifs is 1. The number of carbonyl (C=O) groups excluding carboxylic acids is 1. The lowest BCUT2D eigenvalue weighted by molar-refractivity contribution is 0.0237. The number of hydrazone groups is 1. The molecule has 2 N–H and O–H groups in total. The first-order valence-electron chi connectivity index (χ1n) is 7.11. The number of amides is 1. The predicted octanol–water partition coefficient (Wildman–Crippen LogP) is 0.287. The highest BCUT2D eigenvalue weighted by atomic mass is 16.6. The molecule has 0 bridgehead atoms. The van der Waals surface area contributed by atoms with Gasteiger partial charge in [-0.3, -0.25) is 9.91 Å². The van der Waals surface area contributed by atoms with Gasteiger partial charge in [-0.05, 0) is 20.8 Å². The van der Waals surface area contributed by atoms with Crippen molar-refractivity contribution in [2.45, 2.75) is 39.5 Å². The van der Waals surface area contributed by atoms with Gasteiger partial charge < -0.3 is 9.30 Å². The Hall–Kier alpha value is -2.29. The van der Waals surface area contributed by atoms with Crippen molar-refractivity contribution < 1.29 is 9.53 Å². The third kappa shape index (κ3) is 2.47. The number of imidazole rings is 1.